The molecule has 0 aromatic heterocycles. The standard InChI is InChI=1S/C15H29N3O2/c1-17(2)15(20)11-18-9-7-13(8-10-18)16-12-3-5-14(19)6-4-12/h12-14,16,19H,3-11H2,1-2H3. The summed E-state index contributed by atoms with van der Waals surface area (Å²) < 4.78 is 0. The van der Waals surface area contributed by atoms with E-state index in [0.717, 1.165) is 51.6 Å². The minimum atomic E-state index is -0.0769. The van der Waals surface area contributed by atoms with Crippen LogP contribution in [-0.4, -0.2) is 72.7 Å². The number of nitrogens with zero attached hydrogens (tertiary/aromatic N) is 2. The Kier molecular flexibility index (Phi) is 5.81. The highest BCUT2D eigenvalue weighted by atomic mass is 16.3. The number of amides is 1. The zero-order chi connectivity index (χ0) is 14.5. The number of aliphatic hydroxyl groups is 1. The number of nitrogens with one attached hydrogen (secondary N) is 1. The van der Waals surface area contributed by atoms with Crippen molar-refractivity contribution in [2.75, 3.05) is 33.7 Å². The smallest absolute Gasteiger partial charge is 0.236 e. The van der Waals surface area contributed by atoms with Gasteiger partial charge in [0, 0.05) is 39.3 Å². The van der Waals surface area contributed by atoms with Crippen molar-refractivity contribution >= 4 is 5.91 Å². The number of carbonyl (C=O) groups is 1. The Morgan fingerprint density at radius 2 is 1.65 bits per heavy atom. The van der Waals surface area contributed by atoms with Crippen LogP contribution in [0.2, 0.25) is 0 Å². The van der Waals surface area contributed by atoms with Crippen molar-refractivity contribution in [3.05, 3.63) is 0 Å². The lowest BCUT2D eigenvalue weighted by Gasteiger charge is -2.36. The molecule has 2 aliphatic rings. The number of hydrogen-bond donors (Lipinski definition) is 2. The molecule has 0 aromatic rings. The maximum absolute atomic E-state index is 11.7. The first-order valence-electron chi connectivity index (χ1n) is 7.91. The molecule has 0 atom stereocenters. The van der Waals surface area contributed by atoms with Crippen LogP contribution in [0.15, 0.2) is 0 Å². The van der Waals surface area contributed by atoms with Crippen LogP contribution in [0.3, 0.4) is 0 Å². The van der Waals surface area contributed by atoms with E-state index in [2.05, 4.69) is 10.2 Å². The molecule has 1 aliphatic heterocycles. The second kappa shape index (κ2) is 7.38. The second-order valence-corrected chi connectivity index (χ2v) is 6.51. The molecule has 1 saturated carbocycles. The molecule has 0 bridgehead atoms. The first-order chi connectivity index (χ1) is 9.54. The Hall–Kier alpha value is -0.650. The lowest BCUT2D eigenvalue weighted by molar-refractivity contribution is -0.130. The normalized spacial score (nSPS) is 29.4. The van der Waals surface area contributed by atoms with Gasteiger partial charge in [0.2, 0.25) is 5.91 Å². The Morgan fingerprint density at radius 3 is 2.20 bits per heavy atom. The maximum atomic E-state index is 11.7. The predicted molar refractivity (Wildman–Crippen MR) is 79.6 cm³/mol. The SMILES string of the molecule is CN(C)C(=O)CN1CCC(NC2CCC(O)CC2)CC1. The summed E-state index contributed by atoms with van der Waals surface area (Å²) in [7, 11) is 3.63. The highest BCUT2D eigenvalue weighted by Crippen LogP contribution is 2.20. The third kappa shape index (κ3) is 4.72. The average molecular weight is 283 g/mol. The molecule has 0 radical (unpaired) electrons. The Bertz CT molecular complexity index is 306. The van der Waals surface area contributed by atoms with Crippen molar-refractivity contribution in [2.45, 2.75) is 56.7 Å². The van der Waals surface area contributed by atoms with Gasteiger partial charge in [-0.1, -0.05) is 0 Å². The van der Waals surface area contributed by atoms with E-state index in [1.54, 1.807) is 4.90 Å². The highest BCUT2D eigenvalue weighted by Gasteiger charge is 2.25. The lowest BCUT2D eigenvalue weighted by atomic mass is 9.91. The van der Waals surface area contributed by atoms with Gasteiger partial charge in [-0.2, -0.15) is 0 Å². The fourth-order valence-corrected chi connectivity index (χ4v) is 3.17. The number of likely N-dealkylation sites (tertiary alicyclic amines) is 1. The van der Waals surface area contributed by atoms with Crippen LogP contribution in [-0.2, 0) is 4.79 Å². The van der Waals surface area contributed by atoms with Gasteiger partial charge in [0.05, 0.1) is 12.6 Å². The molecule has 1 amide bonds. The van der Waals surface area contributed by atoms with Crippen LogP contribution in [0.5, 0.6) is 0 Å². The van der Waals surface area contributed by atoms with Gasteiger partial charge >= 0.3 is 0 Å². The summed E-state index contributed by atoms with van der Waals surface area (Å²) in [4.78, 5) is 15.6. The summed E-state index contributed by atoms with van der Waals surface area (Å²) in [5.74, 6) is 0.192. The average Bonchev–Trinajstić information content (AvgIpc) is 2.43. The quantitative estimate of drug-likeness (QED) is 0.786. The number of piperidine rings is 1. The van der Waals surface area contributed by atoms with Crippen LogP contribution in [0.25, 0.3) is 0 Å². The minimum absolute atomic E-state index is 0.0769. The molecule has 0 spiro atoms. The second-order valence-electron chi connectivity index (χ2n) is 6.51. The third-order valence-corrected chi connectivity index (χ3v) is 4.61. The maximum Gasteiger partial charge on any atom is 0.236 e. The van der Waals surface area contributed by atoms with E-state index in [-0.39, 0.29) is 12.0 Å². The van der Waals surface area contributed by atoms with Gasteiger partial charge in [-0.25, -0.2) is 0 Å². The van der Waals surface area contributed by atoms with Gasteiger partial charge in [-0.15, -0.1) is 0 Å². The van der Waals surface area contributed by atoms with Crippen LogP contribution in [0.1, 0.15) is 38.5 Å². The van der Waals surface area contributed by atoms with E-state index in [1.165, 1.54) is 0 Å². The number of carbonyl (C=O) groups excluding carboxylic acids is 1. The Balaban J connectivity index is 1.65. The molecule has 5 nitrogen and oxygen atoms in total. The minimum Gasteiger partial charge on any atom is -0.393 e. The predicted octanol–water partition coefficient (Wildman–Crippen LogP) is 0.432. The van der Waals surface area contributed by atoms with Crippen molar-refractivity contribution < 1.29 is 9.90 Å². The third-order valence-electron chi connectivity index (χ3n) is 4.61. The molecule has 1 aliphatic carbocycles. The number of rotatable bonds is 4. The van der Waals surface area contributed by atoms with Crippen molar-refractivity contribution in [1.29, 1.82) is 0 Å². The number of likely N-dealkylation sites (N-methyl/N-ethyl adjacent to an activating group) is 1. The van der Waals surface area contributed by atoms with Crippen molar-refractivity contribution in [3.63, 3.8) is 0 Å². The van der Waals surface area contributed by atoms with Gasteiger partial charge in [-0.3, -0.25) is 9.69 Å². The lowest BCUT2D eigenvalue weighted by Crippen LogP contribution is -2.49. The Labute approximate surface area is 122 Å². The summed E-state index contributed by atoms with van der Waals surface area (Å²) in [6.07, 6.45) is 6.24. The summed E-state index contributed by atoms with van der Waals surface area (Å²) in [6, 6.07) is 1.17. The molecule has 2 rings (SSSR count). The summed E-state index contributed by atoms with van der Waals surface area (Å²) in [5.41, 5.74) is 0. The van der Waals surface area contributed by atoms with Crippen LogP contribution >= 0.6 is 0 Å². The van der Waals surface area contributed by atoms with Crippen molar-refractivity contribution in [3.8, 4) is 0 Å². The summed E-state index contributed by atoms with van der Waals surface area (Å²) >= 11 is 0. The van der Waals surface area contributed by atoms with Gasteiger partial charge in [-0.05, 0) is 38.5 Å². The van der Waals surface area contributed by atoms with Crippen molar-refractivity contribution in [2.24, 2.45) is 0 Å². The fourth-order valence-electron chi connectivity index (χ4n) is 3.17. The molecule has 1 saturated heterocycles. The molecule has 20 heavy (non-hydrogen) atoms. The molecule has 2 fully saturated rings. The summed E-state index contributed by atoms with van der Waals surface area (Å²) in [5, 5.41) is 13.3. The van der Waals surface area contributed by atoms with Gasteiger partial charge in [0.15, 0.2) is 0 Å². The Morgan fingerprint density at radius 1 is 1.10 bits per heavy atom. The molecule has 5 heteroatoms. The number of aliphatic hydroxyl groups excluding tert-OH is 1. The first-order valence-corrected chi connectivity index (χ1v) is 7.91. The molecule has 0 aromatic carbocycles. The van der Waals surface area contributed by atoms with E-state index in [1.807, 2.05) is 14.1 Å². The number of hydrogen-bond acceptors (Lipinski definition) is 4. The zero-order valence-corrected chi connectivity index (χ0v) is 12.8. The fraction of sp³-hybridized carbons (Fsp3) is 0.933. The molecule has 0 unspecified atom stereocenters. The van der Waals surface area contributed by atoms with Crippen LogP contribution in [0.4, 0.5) is 0 Å². The van der Waals surface area contributed by atoms with Crippen molar-refractivity contribution in [1.82, 2.24) is 15.1 Å². The van der Waals surface area contributed by atoms with Gasteiger partial charge < -0.3 is 15.3 Å². The van der Waals surface area contributed by atoms with E-state index in [9.17, 15) is 9.90 Å². The molecular weight excluding hydrogens is 254 g/mol. The highest BCUT2D eigenvalue weighted by molar-refractivity contribution is 5.77. The van der Waals surface area contributed by atoms with Gasteiger partial charge in [0.25, 0.3) is 0 Å². The monoisotopic (exact) mass is 283 g/mol. The largest absolute Gasteiger partial charge is 0.393 e. The van der Waals surface area contributed by atoms with E-state index in [4.69, 9.17) is 0 Å². The van der Waals surface area contributed by atoms with E-state index in [0.29, 0.717) is 18.6 Å². The van der Waals surface area contributed by atoms with E-state index >= 15 is 0 Å². The molecule has 116 valence electrons. The molecular formula is C15H29N3O2. The first kappa shape index (κ1) is 15.7. The topological polar surface area (TPSA) is 55.8 Å². The van der Waals surface area contributed by atoms with Gasteiger partial charge in [0.1, 0.15) is 0 Å². The van der Waals surface area contributed by atoms with Crippen LogP contribution < -0.4 is 5.32 Å². The molecule has 1 heterocycles. The van der Waals surface area contributed by atoms with E-state index < -0.39 is 0 Å². The zero-order valence-electron chi connectivity index (χ0n) is 12.8. The van der Waals surface area contributed by atoms with Crippen LogP contribution in [0, 0.1) is 0 Å². The molecule has 2 N–H and O–H groups in total. The summed E-state index contributed by atoms with van der Waals surface area (Å²) in [6.45, 7) is 2.56.